The first-order chi connectivity index (χ1) is 19.3. The number of hydrogen-bond acceptors (Lipinski definition) is 12. The number of hydrogen-bond donors (Lipinski definition) is 0. The Labute approximate surface area is 258 Å². The van der Waals surface area contributed by atoms with Gasteiger partial charge in [0.05, 0.1) is 52.9 Å². The molecule has 0 aliphatic heterocycles. The average Bonchev–Trinajstić information content (AvgIpc) is 2.84. The van der Waals surface area contributed by atoms with Crippen LogP contribution in [-0.2, 0) is 54.5 Å². The third-order valence-corrected chi connectivity index (χ3v) is 17.8. The second-order valence-electron chi connectivity index (χ2n) is 8.07. The molecule has 0 atom stereocenters. The molecule has 0 aliphatic carbocycles. The quantitative estimate of drug-likeness (QED) is 0.0818. The standard InChI is InChI=1S/C24H45IO12P4/c1-9-30-38(26,31-10-2)23(39(27,32-11-3)33-12-4)20-17-21(19-22(25)18-20)24(40(28,34-13-5)35-14-6)41(29,36-15-7)37-16-8/h17-19,23-24H,9-16H2,1-8H3. The Bertz CT molecular complexity index is 952. The highest BCUT2D eigenvalue weighted by atomic mass is 127. The molecule has 0 unspecified atom stereocenters. The van der Waals surface area contributed by atoms with E-state index in [0.29, 0.717) is 3.57 Å². The van der Waals surface area contributed by atoms with Gasteiger partial charge in [0.15, 0.2) is 10.8 Å². The van der Waals surface area contributed by atoms with Gasteiger partial charge in [-0.1, -0.05) is 6.07 Å². The van der Waals surface area contributed by atoms with Gasteiger partial charge in [0.2, 0.25) is 0 Å². The van der Waals surface area contributed by atoms with E-state index in [9.17, 15) is 18.3 Å². The molecule has 1 rings (SSSR count). The molecule has 240 valence electrons. The molecule has 0 amide bonds. The van der Waals surface area contributed by atoms with Crippen molar-refractivity contribution in [2.75, 3.05) is 52.9 Å². The van der Waals surface area contributed by atoms with Gasteiger partial charge in [-0.3, -0.25) is 18.3 Å². The zero-order chi connectivity index (χ0) is 31.3. The minimum atomic E-state index is -4.21. The maximum atomic E-state index is 14.3. The third kappa shape index (κ3) is 10.3. The molecule has 0 bridgehead atoms. The average molecular weight is 776 g/mol. The van der Waals surface area contributed by atoms with Crippen molar-refractivity contribution in [2.24, 2.45) is 0 Å². The molecule has 41 heavy (non-hydrogen) atoms. The first-order valence-electron chi connectivity index (χ1n) is 13.7. The summed E-state index contributed by atoms with van der Waals surface area (Å²) in [5.41, 5.74) is 0.345. The molecule has 0 fully saturated rings. The summed E-state index contributed by atoms with van der Waals surface area (Å²) in [6, 6.07) is 4.68. The van der Waals surface area contributed by atoms with Crippen molar-refractivity contribution in [1.29, 1.82) is 0 Å². The molecule has 0 saturated heterocycles. The second kappa shape index (κ2) is 18.5. The molecule has 1 aromatic rings. The summed E-state index contributed by atoms with van der Waals surface area (Å²) in [7, 11) is -16.9. The Kier molecular flexibility index (Phi) is 17.9. The van der Waals surface area contributed by atoms with Crippen molar-refractivity contribution in [3.8, 4) is 0 Å². The lowest BCUT2D eigenvalue weighted by atomic mass is 10.1. The van der Waals surface area contributed by atoms with Gasteiger partial charge in [0.25, 0.3) is 0 Å². The van der Waals surface area contributed by atoms with Gasteiger partial charge in [-0.25, -0.2) is 0 Å². The number of benzene rings is 1. The Morgan fingerprint density at radius 3 is 0.829 bits per heavy atom. The van der Waals surface area contributed by atoms with Gasteiger partial charge < -0.3 is 36.2 Å². The lowest BCUT2D eigenvalue weighted by Crippen LogP contribution is -2.14. The van der Waals surface area contributed by atoms with Crippen LogP contribution >= 0.6 is 53.0 Å². The van der Waals surface area contributed by atoms with Gasteiger partial charge in [-0.2, -0.15) is 0 Å². The summed E-state index contributed by atoms with van der Waals surface area (Å²) in [5.74, 6) is 0. The van der Waals surface area contributed by atoms with Crippen LogP contribution in [0.25, 0.3) is 0 Å². The van der Waals surface area contributed by atoms with E-state index >= 15 is 0 Å². The minimum Gasteiger partial charge on any atom is -0.308 e. The van der Waals surface area contributed by atoms with Crippen molar-refractivity contribution in [3.05, 3.63) is 32.9 Å². The molecule has 0 aromatic heterocycles. The lowest BCUT2D eigenvalue weighted by molar-refractivity contribution is 0.194. The van der Waals surface area contributed by atoms with Gasteiger partial charge in [0, 0.05) is 3.57 Å². The Hall–Kier alpha value is 0.550. The van der Waals surface area contributed by atoms with E-state index in [2.05, 4.69) is 0 Å². The SMILES string of the molecule is CCOP(=O)(OCC)C(c1cc(I)cc(C(P(=O)(OCC)OCC)P(=O)(OCC)OCC)c1)P(=O)(OCC)OCC. The second-order valence-corrected chi connectivity index (χ2v) is 18.6. The molecular formula is C24H45IO12P4. The molecule has 12 nitrogen and oxygen atoms in total. The fourth-order valence-electron chi connectivity index (χ4n) is 4.16. The summed E-state index contributed by atoms with van der Waals surface area (Å²) in [5, 5.41) is -3.05. The van der Waals surface area contributed by atoms with Crippen molar-refractivity contribution < 1.29 is 54.5 Å². The number of halogens is 1. The van der Waals surface area contributed by atoms with Gasteiger partial charge >= 0.3 is 30.4 Å². The van der Waals surface area contributed by atoms with E-state index in [1.807, 2.05) is 22.6 Å². The Morgan fingerprint density at radius 1 is 0.463 bits per heavy atom. The molecule has 0 heterocycles. The summed E-state index contributed by atoms with van der Waals surface area (Å²) >= 11 is 2.00. The Balaban J connectivity index is 4.25. The van der Waals surface area contributed by atoms with Crippen LogP contribution < -0.4 is 0 Å². The fourth-order valence-corrected chi connectivity index (χ4v) is 15.6. The fraction of sp³-hybridized carbons (Fsp3) is 0.750. The maximum Gasteiger partial charge on any atom is 0.350 e. The summed E-state index contributed by atoms with van der Waals surface area (Å²) in [6.45, 7) is 12.9. The number of rotatable bonds is 22. The summed E-state index contributed by atoms with van der Waals surface area (Å²) in [6.07, 6.45) is 0. The van der Waals surface area contributed by atoms with Crippen molar-refractivity contribution in [3.63, 3.8) is 0 Å². The lowest BCUT2D eigenvalue weighted by Gasteiger charge is -2.34. The van der Waals surface area contributed by atoms with Gasteiger partial charge in [-0.05, 0) is 101 Å². The van der Waals surface area contributed by atoms with E-state index in [-0.39, 0.29) is 64.0 Å². The van der Waals surface area contributed by atoms with Crippen LogP contribution in [0.15, 0.2) is 18.2 Å². The highest BCUT2D eigenvalue weighted by Crippen LogP contribution is 2.81. The van der Waals surface area contributed by atoms with E-state index in [4.69, 9.17) is 36.2 Å². The monoisotopic (exact) mass is 776 g/mol. The first kappa shape index (κ1) is 39.6. The third-order valence-electron chi connectivity index (χ3n) is 5.21. The first-order valence-corrected chi connectivity index (χ1v) is 21.2. The van der Waals surface area contributed by atoms with Crippen LogP contribution in [0, 0.1) is 3.57 Å². The maximum absolute atomic E-state index is 14.3. The van der Waals surface area contributed by atoms with Crippen LogP contribution in [0.4, 0.5) is 0 Å². The molecule has 17 heteroatoms. The topological polar surface area (TPSA) is 142 Å². The smallest absolute Gasteiger partial charge is 0.308 e. The molecular weight excluding hydrogens is 731 g/mol. The van der Waals surface area contributed by atoms with Gasteiger partial charge in [-0.15, -0.1) is 0 Å². The van der Waals surface area contributed by atoms with E-state index in [1.165, 1.54) is 6.07 Å². The zero-order valence-electron chi connectivity index (χ0n) is 25.1. The predicted octanol–water partition coefficient (Wildman–Crippen LogP) is 9.35. The molecule has 1 aromatic carbocycles. The molecule has 0 spiro atoms. The van der Waals surface area contributed by atoms with Crippen LogP contribution in [0.3, 0.4) is 0 Å². The van der Waals surface area contributed by atoms with Crippen LogP contribution in [0.1, 0.15) is 77.3 Å². The van der Waals surface area contributed by atoms with Crippen LogP contribution in [0.5, 0.6) is 0 Å². The van der Waals surface area contributed by atoms with Gasteiger partial charge in [0.1, 0.15) is 0 Å². The Morgan fingerprint density at radius 2 is 0.659 bits per heavy atom. The zero-order valence-corrected chi connectivity index (χ0v) is 30.8. The molecule has 0 saturated carbocycles. The largest absolute Gasteiger partial charge is 0.350 e. The summed E-state index contributed by atoms with van der Waals surface area (Å²) < 4.78 is 103. The van der Waals surface area contributed by atoms with E-state index in [0.717, 1.165) is 0 Å². The summed E-state index contributed by atoms with van der Waals surface area (Å²) in [4.78, 5) is 0. The van der Waals surface area contributed by atoms with Crippen LogP contribution in [-0.4, -0.2) is 52.9 Å². The molecule has 0 aliphatic rings. The highest BCUT2D eigenvalue weighted by molar-refractivity contribution is 14.1. The molecule has 0 radical (unpaired) electrons. The van der Waals surface area contributed by atoms with E-state index < -0.39 is 41.2 Å². The van der Waals surface area contributed by atoms with Crippen LogP contribution in [0.2, 0.25) is 0 Å². The van der Waals surface area contributed by atoms with Crippen molar-refractivity contribution >= 4 is 53.0 Å². The van der Waals surface area contributed by atoms with Crippen molar-refractivity contribution in [1.82, 2.24) is 0 Å². The van der Waals surface area contributed by atoms with E-state index in [1.54, 1.807) is 67.5 Å². The van der Waals surface area contributed by atoms with Crippen molar-refractivity contribution in [2.45, 2.75) is 66.2 Å². The predicted molar refractivity (Wildman–Crippen MR) is 168 cm³/mol. The molecule has 0 N–H and O–H groups in total. The highest BCUT2D eigenvalue weighted by Gasteiger charge is 2.55. The minimum absolute atomic E-state index is 0.0147. The normalized spacial score (nSPS) is 13.4.